The number of nitriles is 1. The summed E-state index contributed by atoms with van der Waals surface area (Å²) in [7, 11) is 0. The maximum atomic E-state index is 12.3. The van der Waals surface area contributed by atoms with Crippen molar-refractivity contribution in [3.05, 3.63) is 35.6 Å². The molecule has 1 unspecified atom stereocenters. The van der Waals surface area contributed by atoms with Crippen LogP contribution in [-0.2, 0) is 4.79 Å². The number of nitrogens with zero attached hydrogens (tertiary/aromatic N) is 5. The minimum absolute atomic E-state index is 0.131. The minimum Gasteiger partial charge on any atom is -0.309 e. The Hall–Kier alpha value is -2.72. The summed E-state index contributed by atoms with van der Waals surface area (Å²) in [5.74, 6) is -0.673. The van der Waals surface area contributed by atoms with E-state index in [1.54, 1.807) is 26.9 Å². The van der Waals surface area contributed by atoms with Crippen molar-refractivity contribution in [1.29, 1.82) is 5.26 Å². The SMILES string of the molecule is C1CC1.Cc1csc(-c2cc3c(N4CCC(C#N)C4=O)ccnn3c2)n1. The molecule has 1 saturated heterocycles. The van der Waals surface area contributed by atoms with Crippen LogP contribution in [0.3, 0.4) is 0 Å². The van der Waals surface area contributed by atoms with Gasteiger partial charge in [0.15, 0.2) is 0 Å². The maximum Gasteiger partial charge on any atom is 0.244 e. The highest BCUT2D eigenvalue weighted by Crippen LogP contribution is 2.32. The minimum atomic E-state index is -0.542. The van der Waals surface area contributed by atoms with Crippen molar-refractivity contribution in [3.8, 4) is 16.6 Å². The molecule has 0 aromatic carbocycles. The number of carbonyl (C=O) groups excluding carboxylic acids is 1. The van der Waals surface area contributed by atoms with Crippen LogP contribution in [0.15, 0.2) is 29.9 Å². The van der Waals surface area contributed by atoms with E-state index in [0.29, 0.717) is 13.0 Å². The molecule has 1 aliphatic heterocycles. The number of aryl methyl sites for hydroxylation is 1. The van der Waals surface area contributed by atoms with Crippen LogP contribution in [0.5, 0.6) is 0 Å². The fraction of sp³-hybridized carbons (Fsp3) is 0.368. The monoisotopic (exact) mass is 365 g/mol. The number of aromatic nitrogens is 3. The van der Waals surface area contributed by atoms with Crippen molar-refractivity contribution in [2.45, 2.75) is 32.6 Å². The normalized spacial score (nSPS) is 18.5. The highest BCUT2D eigenvalue weighted by atomic mass is 32.1. The van der Waals surface area contributed by atoms with Crippen LogP contribution in [0.4, 0.5) is 5.69 Å². The van der Waals surface area contributed by atoms with Crippen LogP contribution in [0.2, 0.25) is 0 Å². The van der Waals surface area contributed by atoms with Crippen LogP contribution in [0.25, 0.3) is 16.1 Å². The summed E-state index contributed by atoms with van der Waals surface area (Å²) in [6.45, 7) is 2.53. The molecular weight excluding hydrogens is 346 g/mol. The molecule has 132 valence electrons. The second-order valence-electron chi connectivity index (χ2n) is 6.59. The van der Waals surface area contributed by atoms with E-state index in [9.17, 15) is 4.79 Å². The van der Waals surface area contributed by atoms with Gasteiger partial charge in [0.1, 0.15) is 10.9 Å². The van der Waals surface area contributed by atoms with E-state index in [0.717, 1.165) is 27.5 Å². The summed E-state index contributed by atoms with van der Waals surface area (Å²) in [5.41, 5.74) is 3.61. The molecule has 3 aromatic rings. The van der Waals surface area contributed by atoms with Gasteiger partial charge in [0.05, 0.1) is 17.3 Å². The Kier molecular flexibility index (Phi) is 4.43. The summed E-state index contributed by atoms with van der Waals surface area (Å²) >= 11 is 1.58. The van der Waals surface area contributed by atoms with E-state index in [-0.39, 0.29) is 5.91 Å². The molecule has 0 bridgehead atoms. The molecule has 1 amide bonds. The molecule has 6 nitrogen and oxygen atoms in total. The molecule has 3 aromatic heterocycles. The molecule has 0 N–H and O–H groups in total. The molecule has 1 saturated carbocycles. The van der Waals surface area contributed by atoms with Crippen molar-refractivity contribution in [3.63, 3.8) is 0 Å². The first-order chi connectivity index (χ1) is 12.7. The van der Waals surface area contributed by atoms with Crippen LogP contribution >= 0.6 is 11.3 Å². The van der Waals surface area contributed by atoms with E-state index >= 15 is 0 Å². The lowest BCUT2D eigenvalue weighted by molar-refractivity contribution is -0.118. The van der Waals surface area contributed by atoms with Crippen molar-refractivity contribution >= 4 is 28.4 Å². The van der Waals surface area contributed by atoms with E-state index in [1.165, 1.54) is 19.3 Å². The Morgan fingerprint density at radius 1 is 1.35 bits per heavy atom. The van der Waals surface area contributed by atoms with Gasteiger partial charge >= 0.3 is 0 Å². The average Bonchev–Trinajstić information content (AvgIpc) is 3.23. The first kappa shape index (κ1) is 16.7. The highest BCUT2D eigenvalue weighted by molar-refractivity contribution is 7.13. The number of carbonyl (C=O) groups is 1. The predicted octanol–water partition coefficient (Wildman–Crippen LogP) is 3.81. The lowest BCUT2D eigenvalue weighted by atomic mass is 10.1. The molecule has 2 fully saturated rings. The molecule has 5 rings (SSSR count). The topological polar surface area (TPSA) is 74.3 Å². The van der Waals surface area contributed by atoms with Crippen molar-refractivity contribution in [2.75, 3.05) is 11.4 Å². The Morgan fingerprint density at radius 3 is 2.77 bits per heavy atom. The standard InChI is InChI=1S/C16H13N5OS.C3H6/c1-10-9-23-15(19-10)12-6-14-13(2-4-18-21(14)8-12)20-5-3-11(7-17)16(20)22;1-2-3-1/h2,4,6,8-9,11H,3,5H2,1H3;1-3H2. The molecule has 0 spiro atoms. The number of rotatable bonds is 2. The summed E-state index contributed by atoms with van der Waals surface area (Å²) in [6.07, 6.45) is 8.66. The zero-order chi connectivity index (χ0) is 18.1. The summed E-state index contributed by atoms with van der Waals surface area (Å²) in [5, 5.41) is 16.3. The van der Waals surface area contributed by atoms with Crippen molar-refractivity contribution in [2.24, 2.45) is 5.92 Å². The first-order valence-electron chi connectivity index (χ1n) is 8.78. The zero-order valence-electron chi connectivity index (χ0n) is 14.6. The number of hydrogen-bond donors (Lipinski definition) is 0. The summed E-state index contributed by atoms with van der Waals surface area (Å²) < 4.78 is 1.76. The van der Waals surface area contributed by atoms with Crippen molar-refractivity contribution in [1.82, 2.24) is 14.6 Å². The van der Waals surface area contributed by atoms with Crippen LogP contribution < -0.4 is 4.90 Å². The second-order valence-corrected chi connectivity index (χ2v) is 7.45. The van der Waals surface area contributed by atoms with E-state index in [1.807, 2.05) is 30.6 Å². The average molecular weight is 365 g/mol. The highest BCUT2D eigenvalue weighted by Gasteiger charge is 2.33. The molecule has 7 heteroatoms. The lowest BCUT2D eigenvalue weighted by Gasteiger charge is -2.16. The Labute approximate surface area is 155 Å². The van der Waals surface area contributed by atoms with Crippen LogP contribution in [-0.4, -0.2) is 27.0 Å². The predicted molar refractivity (Wildman–Crippen MR) is 101 cm³/mol. The van der Waals surface area contributed by atoms with Gasteiger partial charge in [-0.2, -0.15) is 10.4 Å². The Bertz CT molecular complexity index is 994. The molecule has 2 aliphatic rings. The Balaban J connectivity index is 0.000000510. The zero-order valence-corrected chi connectivity index (χ0v) is 15.4. The molecule has 1 aliphatic carbocycles. The van der Waals surface area contributed by atoms with Crippen LogP contribution in [0.1, 0.15) is 31.4 Å². The molecule has 0 radical (unpaired) electrons. The van der Waals surface area contributed by atoms with Crippen molar-refractivity contribution < 1.29 is 4.79 Å². The van der Waals surface area contributed by atoms with Crippen LogP contribution in [0, 0.1) is 24.2 Å². The third-order valence-electron chi connectivity index (χ3n) is 4.36. The quantitative estimate of drug-likeness (QED) is 0.692. The second kappa shape index (κ2) is 6.89. The summed E-state index contributed by atoms with van der Waals surface area (Å²) in [6, 6.07) is 5.89. The fourth-order valence-electron chi connectivity index (χ4n) is 2.87. The van der Waals surface area contributed by atoms with Gasteiger partial charge in [-0.1, -0.05) is 19.3 Å². The summed E-state index contributed by atoms with van der Waals surface area (Å²) in [4.78, 5) is 18.5. The van der Waals surface area contributed by atoms with Gasteiger partial charge in [-0.05, 0) is 25.5 Å². The van der Waals surface area contributed by atoms with Gasteiger partial charge in [-0.25, -0.2) is 9.50 Å². The number of thiazole rings is 1. The van der Waals surface area contributed by atoms with E-state index in [4.69, 9.17) is 5.26 Å². The maximum absolute atomic E-state index is 12.3. The molecule has 4 heterocycles. The van der Waals surface area contributed by atoms with Gasteiger partial charge in [-0.3, -0.25) is 4.79 Å². The number of anilines is 1. The molecule has 1 atom stereocenters. The van der Waals surface area contributed by atoms with Gasteiger partial charge in [0.25, 0.3) is 0 Å². The molecule has 26 heavy (non-hydrogen) atoms. The third-order valence-corrected chi connectivity index (χ3v) is 5.37. The fourth-order valence-corrected chi connectivity index (χ4v) is 3.65. The van der Waals surface area contributed by atoms with E-state index < -0.39 is 5.92 Å². The number of hydrogen-bond acceptors (Lipinski definition) is 5. The first-order valence-corrected chi connectivity index (χ1v) is 9.66. The number of fused-ring (bicyclic) bond motifs is 1. The largest absolute Gasteiger partial charge is 0.309 e. The number of amides is 1. The molecular formula is C19H19N5OS. The lowest BCUT2D eigenvalue weighted by Crippen LogP contribution is -2.27. The third kappa shape index (κ3) is 3.20. The van der Waals surface area contributed by atoms with Gasteiger partial charge < -0.3 is 4.90 Å². The van der Waals surface area contributed by atoms with Gasteiger partial charge in [0.2, 0.25) is 5.91 Å². The smallest absolute Gasteiger partial charge is 0.244 e. The van der Waals surface area contributed by atoms with Gasteiger partial charge in [0, 0.05) is 35.6 Å². The van der Waals surface area contributed by atoms with Gasteiger partial charge in [-0.15, -0.1) is 11.3 Å². The Morgan fingerprint density at radius 2 is 2.15 bits per heavy atom. The van der Waals surface area contributed by atoms with E-state index in [2.05, 4.69) is 16.2 Å².